The summed E-state index contributed by atoms with van der Waals surface area (Å²) in [7, 11) is 0. The average Bonchev–Trinajstić information content (AvgIpc) is 3.39. The molecule has 1 atom stereocenters. The van der Waals surface area contributed by atoms with E-state index in [0.29, 0.717) is 11.4 Å². The number of nitrogens with zero attached hydrogens (tertiary/aromatic N) is 3. The van der Waals surface area contributed by atoms with Crippen LogP contribution in [0.25, 0.3) is 11.0 Å². The lowest BCUT2D eigenvalue weighted by Crippen LogP contribution is -2.35. The maximum Gasteiger partial charge on any atom is 0.253 e. The van der Waals surface area contributed by atoms with Crippen LogP contribution in [0.2, 0.25) is 0 Å². The first-order valence-corrected chi connectivity index (χ1v) is 9.75. The molecule has 1 saturated heterocycles. The van der Waals surface area contributed by atoms with Gasteiger partial charge >= 0.3 is 0 Å². The smallest absolute Gasteiger partial charge is 0.253 e. The van der Waals surface area contributed by atoms with E-state index in [-0.39, 0.29) is 30.0 Å². The maximum atomic E-state index is 12.7. The zero-order valence-electron chi connectivity index (χ0n) is 16.2. The monoisotopic (exact) mass is 393 g/mol. The van der Waals surface area contributed by atoms with E-state index in [1.807, 2.05) is 31.2 Å². The molecule has 8 nitrogen and oxygen atoms in total. The van der Waals surface area contributed by atoms with Gasteiger partial charge in [-0.1, -0.05) is 12.1 Å². The number of rotatable bonds is 5. The SMILES string of the molecule is C[C@@H](NC(=O)c1ccc(=O)n(CC(=O)N2CCCC2)c1)c1nc2ccccc2[nH]1. The fourth-order valence-electron chi connectivity index (χ4n) is 3.53. The summed E-state index contributed by atoms with van der Waals surface area (Å²) in [6.07, 6.45) is 3.42. The molecule has 0 radical (unpaired) electrons. The van der Waals surface area contributed by atoms with Crippen molar-refractivity contribution in [3.63, 3.8) is 0 Å². The summed E-state index contributed by atoms with van der Waals surface area (Å²) in [6.45, 7) is 3.23. The fraction of sp³-hybridized carbons (Fsp3) is 0.333. The Morgan fingerprint density at radius 3 is 2.69 bits per heavy atom. The summed E-state index contributed by atoms with van der Waals surface area (Å²) in [6, 6.07) is 10.1. The van der Waals surface area contributed by atoms with Gasteiger partial charge in [0.2, 0.25) is 5.91 Å². The first kappa shape index (κ1) is 18.9. The summed E-state index contributed by atoms with van der Waals surface area (Å²) in [5.74, 6) is 0.218. The lowest BCUT2D eigenvalue weighted by Gasteiger charge is -2.16. The Balaban J connectivity index is 1.47. The van der Waals surface area contributed by atoms with Gasteiger partial charge in [0.15, 0.2) is 0 Å². The number of nitrogens with one attached hydrogen (secondary N) is 2. The van der Waals surface area contributed by atoms with E-state index in [2.05, 4.69) is 15.3 Å². The van der Waals surface area contributed by atoms with Gasteiger partial charge in [0.1, 0.15) is 12.4 Å². The summed E-state index contributed by atoms with van der Waals surface area (Å²) in [4.78, 5) is 46.6. The van der Waals surface area contributed by atoms with Crippen molar-refractivity contribution >= 4 is 22.8 Å². The topological polar surface area (TPSA) is 100 Å². The Morgan fingerprint density at radius 1 is 1.17 bits per heavy atom. The van der Waals surface area contributed by atoms with Crippen molar-refractivity contribution in [2.45, 2.75) is 32.4 Å². The molecule has 8 heteroatoms. The molecule has 2 amide bonds. The van der Waals surface area contributed by atoms with Crippen LogP contribution in [0.1, 0.15) is 42.0 Å². The first-order chi connectivity index (χ1) is 14.0. The van der Waals surface area contributed by atoms with Crippen molar-refractivity contribution in [3.05, 3.63) is 64.3 Å². The standard InChI is InChI=1S/C21H23N5O3/c1-14(20-23-16-6-2-3-7-17(16)24-20)22-21(29)15-8-9-18(27)26(12-15)13-19(28)25-10-4-5-11-25/h2-3,6-9,12,14H,4-5,10-11,13H2,1H3,(H,22,29)(H,23,24)/t14-/m1/s1. The fourth-order valence-corrected chi connectivity index (χ4v) is 3.53. The molecule has 150 valence electrons. The van der Waals surface area contributed by atoms with Crippen molar-refractivity contribution in [1.29, 1.82) is 0 Å². The molecule has 0 spiro atoms. The van der Waals surface area contributed by atoms with Gasteiger partial charge in [0.05, 0.1) is 22.6 Å². The Hall–Kier alpha value is -3.42. The number of aromatic nitrogens is 3. The third-order valence-electron chi connectivity index (χ3n) is 5.18. The number of pyridine rings is 1. The number of benzene rings is 1. The maximum absolute atomic E-state index is 12.7. The van der Waals surface area contributed by atoms with Crippen LogP contribution in [0.4, 0.5) is 0 Å². The molecule has 2 aromatic heterocycles. The van der Waals surface area contributed by atoms with Gasteiger partial charge in [-0.05, 0) is 38.0 Å². The highest BCUT2D eigenvalue weighted by molar-refractivity contribution is 5.94. The molecular weight excluding hydrogens is 370 g/mol. The van der Waals surface area contributed by atoms with Gasteiger partial charge in [0, 0.05) is 25.4 Å². The van der Waals surface area contributed by atoms with E-state index in [4.69, 9.17) is 0 Å². The van der Waals surface area contributed by atoms with Gasteiger partial charge in [-0.25, -0.2) is 4.98 Å². The number of hydrogen-bond donors (Lipinski definition) is 2. The van der Waals surface area contributed by atoms with Gasteiger partial charge in [-0.2, -0.15) is 0 Å². The highest BCUT2D eigenvalue weighted by Crippen LogP contribution is 2.16. The highest BCUT2D eigenvalue weighted by atomic mass is 16.2. The van der Waals surface area contributed by atoms with Crippen molar-refractivity contribution in [2.75, 3.05) is 13.1 Å². The Kier molecular flexibility index (Phi) is 5.16. The quantitative estimate of drug-likeness (QED) is 0.691. The largest absolute Gasteiger partial charge is 0.342 e. The van der Waals surface area contributed by atoms with Crippen molar-refractivity contribution < 1.29 is 9.59 Å². The third kappa shape index (κ3) is 4.06. The number of fused-ring (bicyclic) bond motifs is 1. The minimum absolute atomic E-state index is 0.0565. The zero-order valence-corrected chi connectivity index (χ0v) is 16.2. The molecule has 1 aliphatic rings. The van der Waals surface area contributed by atoms with Crippen LogP contribution >= 0.6 is 0 Å². The number of hydrogen-bond acceptors (Lipinski definition) is 4. The summed E-state index contributed by atoms with van der Waals surface area (Å²) in [5.41, 5.74) is 1.75. The number of likely N-dealkylation sites (tertiary alicyclic amines) is 1. The molecule has 1 fully saturated rings. The van der Waals surface area contributed by atoms with E-state index < -0.39 is 0 Å². The Bertz CT molecular complexity index is 1080. The molecule has 0 saturated carbocycles. The molecule has 0 bridgehead atoms. The van der Waals surface area contributed by atoms with Crippen molar-refractivity contribution in [3.8, 4) is 0 Å². The lowest BCUT2D eigenvalue weighted by molar-refractivity contribution is -0.130. The van der Waals surface area contributed by atoms with Crippen molar-refractivity contribution in [2.24, 2.45) is 0 Å². The van der Waals surface area contributed by atoms with Crippen LogP contribution in [0, 0.1) is 0 Å². The van der Waals surface area contributed by atoms with Crippen LogP contribution in [-0.2, 0) is 11.3 Å². The number of aromatic amines is 1. The van der Waals surface area contributed by atoms with E-state index in [0.717, 1.165) is 37.0 Å². The molecule has 3 aromatic rings. The first-order valence-electron chi connectivity index (χ1n) is 9.75. The van der Waals surface area contributed by atoms with Gasteiger partial charge in [-0.3, -0.25) is 14.4 Å². The third-order valence-corrected chi connectivity index (χ3v) is 5.18. The summed E-state index contributed by atoms with van der Waals surface area (Å²) < 4.78 is 1.29. The van der Waals surface area contributed by atoms with Crippen LogP contribution in [0.3, 0.4) is 0 Å². The zero-order chi connectivity index (χ0) is 20.4. The normalized spacial score (nSPS) is 14.9. The van der Waals surface area contributed by atoms with Crippen molar-refractivity contribution in [1.82, 2.24) is 24.8 Å². The predicted octanol–water partition coefficient (Wildman–Crippen LogP) is 1.84. The summed E-state index contributed by atoms with van der Waals surface area (Å²) in [5, 5.41) is 2.89. The van der Waals surface area contributed by atoms with E-state index in [1.165, 1.54) is 22.9 Å². The van der Waals surface area contributed by atoms with Gasteiger partial charge in [0.25, 0.3) is 11.5 Å². The molecule has 0 unspecified atom stereocenters. The number of carbonyl (C=O) groups excluding carboxylic acids is 2. The van der Waals surface area contributed by atoms with Gasteiger partial charge in [-0.15, -0.1) is 0 Å². The van der Waals surface area contributed by atoms with Crippen LogP contribution in [-0.4, -0.2) is 44.3 Å². The number of H-pyrrole nitrogens is 1. The van der Waals surface area contributed by atoms with Crippen LogP contribution in [0.5, 0.6) is 0 Å². The Labute approximate surface area is 167 Å². The van der Waals surface area contributed by atoms with E-state index in [9.17, 15) is 14.4 Å². The number of para-hydroxylation sites is 2. The number of carbonyl (C=O) groups is 2. The number of amides is 2. The molecular formula is C21H23N5O3. The highest BCUT2D eigenvalue weighted by Gasteiger charge is 2.20. The molecule has 29 heavy (non-hydrogen) atoms. The molecule has 0 aliphatic carbocycles. The minimum atomic E-state index is -0.346. The molecule has 3 heterocycles. The predicted molar refractivity (Wildman–Crippen MR) is 108 cm³/mol. The second-order valence-electron chi connectivity index (χ2n) is 7.31. The second-order valence-corrected chi connectivity index (χ2v) is 7.31. The number of imidazole rings is 1. The second kappa shape index (κ2) is 7.90. The Morgan fingerprint density at radius 2 is 1.93 bits per heavy atom. The molecule has 1 aromatic carbocycles. The lowest BCUT2D eigenvalue weighted by atomic mass is 10.2. The van der Waals surface area contributed by atoms with Crippen LogP contribution in [0.15, 0.2) is 47.4 Å². The average molecular weight is 393 g/mol. The minimum Gasteiger partial charge on any atom is -0.342 e. The van der Waals surface area contributed by atoms with E-state index >= 15 is 0 Å². The molecule has 1 aliphatic heterocycles. The molecule has 4 rings (SSSR count). The van der Waals surface area contributed by atoms with Crippen LogP contribution < -0.4 is 10.9 Å². The molecule has 2 N–H and O–H groups in total. The van der Waals surface area contributed by atoms with Gasteiger partial charge < -0.3 is 19.8 Å². The summed E-state index contributed by atoms with van der Waals surface area (Å²) >= 11 is 0. The van der Waals surface area contributed by atoms with E-state index in [1.54, 1.807) is 4.90 Å².